The summed E-state index contributed by atoms with van der Waals surface area (Å²) in [5.41, 5.74) is 4.37. The van der Waals surface area contributed by atoms with Crippen molar-refractivity contribution in [1.82, 2.24) is 4.57 Å². The average Bonchev–Trinajstić information content (AvgIpc) is 3.07. The van der Waals surface area contributed by atoms with Crippen LogP contribution in [0.1, 0.15) is 19.5 Å². The summed E-state index contributed by atoms with van der Waals surface area (Å²) in [5.74, 6) is 0.497. The monoisotopic (exact) mass is 399 g/mol. The lowest BCUT2D eigenvalue weighted by molar-refractivity contribution is 0.220. The number of fused-ring (bicyclic) bond motifs is 1. The summed E-state index contributed by atoms with van der Waals surface area (Å²) in [6, 6.07) is 17.7. The molecule has 1 aromatic heterocycles. The second kappa shape index (κ2) is 6.74. The largest absolute Gasteiger partial charge is 0.410 e. The predicted octanol–water partition coefficient (Wildman–Crippen LogP) is 6.80. The predicted molar refractivity (Wildman–Crippen MR) is 110 cm³/mol. The molecule has 0 saturated heterocycles. The average molecular weight is 400 g/mol. The van der Waals surface area contributed by atoms with Crippen molar-refractivity contribution in [2.45, 2.75) is 26.8 Å². The molecule has 2 heterocycles. The fourth-order valence-electron chi connectivity index (χ4n) is 3.91. The summed E-state index contributed by atoms with van der Waals surface area (Å²) in [6.45, 7) is 5.18. The SMILES string of the molecule is CC1(C)Cc2c(-c3ccccc3)c(-c3ccc(Cl)cc3)c(OC(=O)Cl)n2C1. The van der Waals surface area contributed by atoms with Crippen LogP contribution in [0.15, 0.2) is 54.6 Å². The Bertz CT molecular complexity index is 1010. The van der Waals surface area contributed by atoms with E-state index in [1.807, 2.05) is 42.5 Å². The lowest BCUT2D eigenvalue weighted by Crippen LogP contribution is -2.14. The zero-order valence-corrected chi connectivity index (χ0v) is 16.6. The first-order chi connectivity index (χ1) is 12.9. The number of benzene rings is 2. The lowest BCUT2D eigenvalue weighted by Gasteiger charge is -2.18. The normalized spacial score (nSPS) is 14.8. The quantitative estimate of drug-likeness (QED) is 0.453. The summed E-state index contributed by atoms with van der Waals surface area (Å²) < 4.78 is 7.61. The van der Waals surface area contributed by atoms with Crippen molar-refractivity contribution in [3.8, 4) is 28.1 Å². The summed E-state index contributed by atoms with van der Waals surface area (Å²) >= 11 is 11.7. The van der Waals surface area contributed by atoms with Gasteiger partial charge >= 0.3 is 5.43 Å². The van der Waals surface area contributed by atoms with Crippen LogP contribution < -0.4 is 4.74 Å². The molecule has 0 bridgehead atoms. The molecule has 5 heteroatoms. The van der Waals surface area contributed by atoms with Gasteiger partial charge in [-0.25, -0.2) is 4.79 Å². The summed E-state index contributed by atoms with van der Waals surface area (Å²) in [6.07, 6.45) is 0.887. The van der Waals surface area contributed by atoms with Crippen LogP contribution in [0.5, 0.6) is 5.88 Å². The summed E-state index contributed by atoms with van der Waals surface area (Å²) in [4.78, 5) is 11.7. The minimum Gasteiger partial charge on any atom is -0.397 e. The summed E-state index contributed by atoms with van der Waals surface area (Å²) in [5, 5.41) is 0.656. The van der Waals surface area contributed by atoms with E-state index < -0.39 is 5.43 Å². The lowest BCUT2D eigenvalue weighted by atomic mass is 9.87. The third kappa shape index (κ3) is 3.38. The highest BCUT2D eigenvalue weighted by molar-refractivity contribution is 6.61. The van der Waals surface area contributed by atoms with Gasteiger partial charge in [-0.05, 0) is 35.1 Å². The second-order valence-corrected chi connectivity index (χ2v) is 8.39. The van der Waals surface area contributed by atoms with Gasteiger partial charge < -0.3 is 9.30 Å². The van der Waals surface area contributed by atoms with Crippen molar-refractivity contribution in [1.29, 1.82) is 0 Å². The molecule has 0 fully saturated rings. The molecule has 1 aliphatic rings. The molecule has 0 atom stereocenters. The first kappa shape index (κ1) is 18.1. The summed E-state index contributed by atoms with van der Waals surface area (Å²) in [7, 11) is 0. The van der Waals surface area contributed by atoms with Gasteiger partial charge in [0.15, 0.2) is 0 Å². The van der Waals surface area contributed by atoms with Crippen LogP contribution in [0.2, 0.25) is 5.02 Å². The fourth-order valence-corrected chi connectivity index (χ4v) is 4.11. The topological polar surface area (TPSA) is 31.2 Å². The Morgan fingerprint density at radius 3 is 2.26 bits per heavy atom. The molecule has 0 saturated carbocycles. The molecule has 3 aromatic rings. The van der Waals surface area contributed by atoms with E-state index in [1.54, 1.807) is 0 Å². The maximum Gasteiger partial charge on any atom is 0.410 e. The zero-order valence-electron chi connectivity index (χ0n) is 15.1. The number of carbonyl (C=O) groups is 1. The Morgan fingerprint density at radius 2 is 1.63 bits per heavy atom. The van der Waals surface area contributed by atoms with Crippen molar-refractivity contribution in [2.75, 3.05) is 0 Å². The van der Waals surface area contributed by atoms with E-state index in [-0.39, 0.29) is 5.41 Å². The van der Waals surface area contributed by atoms with Crippen molar-refractivity contribution in [3.05, 3.63) is 65.3 Å². The highest BCUT2D eigenvalue weighted by Gasteiger charge is 2.37. The van der Waals surface area contributed by atoms with E-state index in [2.05, 4.69) is 30.5 Å². The van der Waals surface area contributed by atoms with Crippen LogP contribution in [0, 0.1) is 5.41 Å². The van der Waals surface area contributed by atoms with Crippen LogP contribution in [-0.4, -0.2) is 10.00 Å². The number of hydrogen-bond acceptors (Lipinski definition) is 2. The Hall–Kier alpha value is -2.23. The van der Waals surface area contributed by atoms with Crippen molar-refractivity contribution in [2.24, 2.45) is 5.41 Å². The number of carbonyl (C=O) groups excluding carboxylic acids is 1. The number of ether oxygens (including phenoxy) is 1. The Balaban J connectivity index is 2.03. The Kier molecular flexibility index (Phi) is 4.53. The van der Waals surface area contributed by atoms with Gasteiger partial charge in [-0.3, -0.25) is 0 Å². The minimum absolute atomic E-state index is 0.0743. The molecule has 27 heavy (non-hydrogen) atoms. The molecule has 0 radical (unpaired) electrons. The smallest absolute Gasteiger partial charge is 0.397 e. The number of hydrogen-bond donors (Lipinski definition) is 0. The molecule has 3 nitrogen and oxygen atoms in total. The minimum atomic E-state index is -0.838. The van der Waals surface area contributed by atoms with Crippen LogP contribution in [0.25, 0.3) is 22.3 Å². The van der Waals surface area contributed by atoms with Gasteiger partial charge in [0.2, 0.25) is 5.88 Å². The van der Waals surface area contributed by atoms with E-state index in [1.165, 1.54) is 0 Å². The van der Waals surface area contributed by atoms with Gasteiger partial charge in [0, 0.05) is 34.4 Å². The number of halogens is 2. The van der Waals surface area contributed by atoms with Crippen LogP contribution in [0.3, 0.4) is 0 Å². The molecule has 0 N–H and O–H groups in total. The second-order valence-electron chi connectivity index (χ2n) is 7.64. The maximum absolute atomic E-state index is 11.7. The van der Waals surface area contributed by atoms with Gasteiger partial charge in [0.05, 0.1) is 5.56 Å². The van der Waals surface area contributed by atoms with E-state index in [0.29, 0.717) is 10.9 Å². The molecule has 2 aromatic carbocycles. The van der Waals surface area contributed by atoms with E-state index in [4.69, 9.17) is 27.9 Å². The molecule has 0 amide bonds. The fraction of sp³-hybridized carbons (Fsp3) is 0.227. The molecule has 0 spiro atoms. The van der Waals surface area contributed by atoms with Crippen LogP contribution in [-0.2, 0) is 13.0 Å². The number of rotatable bonds is 3. The highest BCUT2D eigenvalue weighted by atomic mass is 35.5. The van der Waals surface area contributed by atoms with E-state index in [0.717, 1.165) is 40.9 Å². The molecule has 138 valence electrons. The third-order valence-corrected chi connectivity index (χ3v) is 5.26. The van der Waals surface area contributed by atoms with Crippen molar-refractivity contribution < 1.29 is 9.53 Å². The van der Waals surface area contributed by atoms with Crippen LogP contribution in [0.4, 0.5) is 4.79 Å². The molecular weight excluding hydrogens is 381 g/mol. The zero-order chi connectivity index (χ0) is 19.2. The van der Waals surface area contributed by atoms with Gasteiger partial charge in [0.25, 0.3) is 0 Å². The first-order valence-corrected chi connectivity index (χ1v) is 9.55. The molecule has 1 aliphatic heterocycles. The standard InChI is InChI=1S/C22H19Cl2NO2/c1-22(2)12-17-18(14-6-4-3-5-7-14)19(15-8-10-16(23)11-9-15)20(25(17)13-22)27-21(24)26/h3-11H,12-13H2,1-2H3. The third-order valence-electron chi connectivity index (χ3n) is 4.93. The maximum atomic E-state index is 11.7. The number of aromatic nitrogens is 1. The molecular formula is C22H19Cl2NO2. The Morgan fingerprint density at radius 1 is 1.00 bits per heavy atom. The van der Waals surface area contributed by atoms with Crippen molar-refractivity contribution >= 4 is 28.6 Å². The number of nitrogens with zero attached hydrogens (tertiary/aromatic N) is 1. The van der Waals surface area contributed by atoms with E-state index >= 15 is 0 Å². The Labute approximate surface area is 168 Å². The molecule has 0 unspecified atom stereocenters. The van der Waals surface area contributed by atoms with Gasteiger partial charge in [-0.15, -0.1) is 0 Å². The van der Waals surface area contributed by atoms with Gasteiger partial charge in [-0.1, -0.05) is 67.9 Å². The first-order valence-electron chi connectivity index (χ1n) is 8.80. The van der Waals surface area contributed by atoms with Gasteiger partial charge in [-0.2, -0.15) is 0 Å². The van der Waals surface area contributed by atoms with Gasteiger partial charge in [0.1, 0.15) is 0 Å². The molecule has 4 rings (SSSR count). The van der Waals surface area contributed by atoms with Crippen LogP contribution >= 0.6 is 23.2 Å². The van der Waals surface area contributed by atoms with E-state index in [9.17, 15) is 4.79 Å². The highest BCUT2D eigenvalue weighted by Crippen LogP contribution is 2.50. The van der Waals surface area contributed by atoms with Crippen molar-refractivity contribution in [3.63, 3.8) is 0 Å². The molecule has 0 aliphatic carbocycles.